The number of aromatic nitrogens is 4. The maximum atomic E-state index is 12.7. The van der Waals surface area contributed by atoms with E-state index in [1.807, 2.05) is 0 Å². The molecule has 17 heteroatoms. The van der Waals surface area contributed by atoms with Crippen LogP contribution in [0.25, 0.3) is 11.0 Å². The van der Waals surface area contributed by atoms with Crippen molar-refractivity contribution in [2.45, 2.75) is 80.9 Å². The molecule has 2 aromatic heterocycles. The van der Waals surface area contributed by atoms with Gasteiger partial charge >= 0.3 is 7.60 Å². The molecule has 6 N–H and O–H groups in total. The van der Waals surface area contributed by atoms with Gasteiger partial charge in [0.2, 0.25) is 11.2 Å². The number of carbonyl (C=O) groups is 1. The van der Waals surface area contributed by atoms with Crippen molar-refractivity contribution in [3.05, 3.63) is 41.3 Å². The molecule has 1 aromatic carbocycles. The molecule has 0 radical (unpaired) electrons. The number of hydrogen-bond donors (Lipinski definition) is 6. The van der Waals surface area contributed by atoms with Crippen molar-refractivity contribution in [3.8, 4) is 0 Å². The standard InChI is InChI=1S/C28H36ClN6O9P/c29-27-32-24(31-17-4-1-2-5-17)19-13-30-35(25(19)33-27)26-23(39)22(38)20(44-26)14-43-28(15-36,45(40,41)42)12-16-7-9-18(10-8-16)34-11-3-6-21(34)37/h7-10,13,17,20,22-23,26,36,38-39H,1-6,11-12,14-15H2,(H,31,32,33)(H2,40,41,42)/t20-,22-,23-,26-,28?/m1/s1. The van der Waals surface area contributed by atoms with Crippen LogP contribution in [0.3, 0.4) is 0 Å². The van der Waals surface area contributed by atoms with E-state index in [0.29, 0.717) is 35.4 Å². The topological polar surface area (TPSA) is 213 Å². The van der Waals surface area contributed by atoms with E-state index < -0.39 is 50.7 Å². The number of nitrogens with zero attached hydrogens (tertiary/aromatic N) is 5. The quantitative estimate of drug-likeness (QED) is 0.127. The first kappa shape index (κ1) is 32.2. The fourth-order valence-electron chi connectivity index (χ4n) is 6.23. The first-order valence-electron chi connectivity index (χ1n) is 14.9. The minimum absolute atomic E-state index is 0.00135. The largest absolute Gasteiger partial charge is 0.393 e. The number of rotatable bonds is 11. The van der Waals surface area contributed by atoms with Gasteiger partial charge in [-0.05, 0) is 48.6 Å². The van der Waals surface area contributed by atoms with E-state index in [1.54, 1.807) is 29.2 Å². The minimum Gasteiger partial charge on any atom is -0.393 e. The highest BCUT2D eigenvalue weighted by atomic mass is 35.5. The van der Waals surface area contributed by atoms with Gasteiger partial charge in [-0.25, -0.2) is 4.68 Å². The molecule has 3 fully saturated rings. The molecular weight excluding hydrogens is 631 g/mol. The van der Waals surface area contributed by atoms with Crippen molar-refractivity contribution < 1.29 is 43.9 Å². The molecule has 6 rings (SSSR count). The number of ether oxygens (including phenoxy) is 2. The normalized spacial score (nSPS) is 25.8. The molecule has 3 aliphatic rings. The molecule has 2 aliphatic heterocycles. The smallest absolute Gasteiger partial charge is 0.359 e. The molecule has 15 nitrogen and oxygen atoms in total. The summed E-state index contributed by atoms with van der Waals surface area (Å²) in [5.41, 5.74) is 1.36. The number of anilines is 2. The Kier molecular flexibility index (Phi) is 9.18. The van der Waals surface area contributed by atoms with Gasteiger partial charge in [0.1, 0.15) is 24.1 Å². The zero-order chi connectivity index (χ0) is 31.9. The zero-order valence-electron chi connectivity index (χ0n) is 24.3. The predicted octanol–water partition coefficient (Wildman–Crippen LogP) is 1.71. The maximum absolute atomic E-state index is 12.7. The molecule has 3 aromatic rings. The van der Waals surface area contributed by atoms with Gasteiger partial charge in [-0.2, -0.15) is 15.1 Å². The zero-order valence-corrected chi connectivity index (χ0v) is 25.9. The molecule has 0 spiro atoms. The number of benzene rings is 1. The van der Waals surface area contributed by atoms with E-state index >= 15 is 0 Å². The van der Waals surface area contributed by atoms with E-state index in [-0.39, 0.29) is 29.3 Å². The van der Waals surface area contributed by atoms with Gasteiger partial charge < -0.3 is 44.8 Å². The number of aliphatic hydroxyl groups is 3. The summed E-state index contributed by atoms with van der Waals surface area (Å²) in [4.78, 5) is 42.9. The van der Waals surface area contributed by atoms with Crippen LogP contribution in [0.15, 0.2) is 30.5 Å². The molecule has 2 saturated heterocycles. The molecule has 45 heavy (non-hydrogen) atoms. The van der Waals surface area contributed by atoms with Crippen LogP contribution in [-0.2, 0) is 25.3 Å². The number of nitrogens with one attached hydrogen (secondary N) is 1. The van der Waals surface area contributed by atoms with Gasteiger partial charge in [0.25, 0.3) is 0 Å². The van der Waals surface area contributed by atoms with Crippen molar-refractivity contribution in [1.82, 2.24) is 19.7 Å². The summed E-state index contributed by atoms with van der Waals surface area (Å²) in [6.07, 6.45) is 0.991. The summed E-state index contributed by atoms with van der Waals surface area (Å²) in [7, 11) is -5.12. The van der Waals surface area contributed by atoms with Crippen LogP contribution in [-0.4, -0.2) is 100 Å². The second-order valence-corrected chi connectivity index (χ2v) is 14.0. The van der Waals surface area contributed by atoms with E-state index in [9.17, 15) is 34.5 Å². The lowest BCUT2D eigenvalue weighted by Gasteiger charge is -2.34. The summed E-state index contributed by atoms with van der Waals surface area (Å²) in [6, 6.07) is 6.79. The predicted molar refractivity (Wildman–Crippen MR) is 162 cm³/mol. The third-order valence-electron chi connectivity index (χ3n) is 8.80. The van der Waals surface area contributed by atoms with E-state index in [2.05, 4.69) is 20.4 Å². The summed E-state index contributed by atoms with van der Waals surface area (Å²) < 4.78 is 25.6. The fraction of sp³-hybridized carbons (Fsp3) is 0.571. The molecule has 0 bridgehead atoms. The molecule has 244 valence electrons. The van der Waals surface area contributed by atoms with Crippen molar-refractivity contribution in [3.63, 3.8) is 0 Å². The summed E-state index contributed by atoms with van der Waals surface area (Å²) in [5.74, 6) is 0.493. The van der Waals surface area contributed by atoms with Gasteiger partial charge in [-0.1, -0.05) is 25.0 Å². The molecule has 4 heterocycles. The molecular formula is C28H36ClN6O9P. The monoisotopic (exact) mass is 666 g/mol. The molecule has 1 aliphatic carbocycles. The van der Waals surface area contributed by atoms with E-state index in [1.165, 1.54) is 10.9 Å². The second-order valence-electron chi connectivity index (χ2n) is 11.8. The highest BCUT2D eigenvalue weighted by Gasteiger charge is 2.51. The summed E-state index contributed by atoms with van der Waals surface area (Å²) in [5, 5.41) is 37.8. The van der Waals surface area contributed by atoms with Crippen LogP contribution in [0.4, 0.5) is 11.5 Å². The van der Waals surface area contributed by atoms with E-state index in [4.69, 9.17) is 21.1 Å². The Labute approximate surface area is 263 Å². The van der Waals surface area contributed by atoms with Gasteiger partial charge in [0.15, 0.2) is 17.2 Å². The highest BCUT2D eigenvalue weighted by Crippen LogP contribution is 2.53. The number of carbonyl (C=O) groups excluding carboxylic acids is 1. The SMILES string of the molecule is O=C1CCCN1c1ccc(CC(CO)(OC[C@H]2O[C@@H](n3ncc4c(NC5CCCC5)nc(Cl)nc43)[C@H](O)[C@@H]2O)P(=O)(O)O)cc1. The first-order valence-corrected chi connectivity index (χ1v) is 16.9. The number of amides is 1. The lowest BCUT2D eigenvalue weighted by molar-refractivity contribution is -0.117. The Bertz CT molecular complexity index is 1580. The van der Waals surface area contributed by atoms with Crippen LogP contribution in [0.2, 0.25) is 5.28 Å². The lowest BCUT2D eigenvalue weighted by atomic mass is 10.1. The second kappa shape index (κ2) is 12.8. The summed E-state index contributed by atoms with van der Waals surface area (Å²) in [6.45, 7) is -1.04. The fourth-order valence-corrected chi connectivity index (χ4v) is 7.21. The molecule has 1 saturated carbocycles. The van der Waals surface area contributed by atoms with Gasteiger partial charge in [-0.15, -0.1) is 0 Å². The number of aliphatic hydroxyl groups excluding tert-OH is 3. The average molecular weight is 667 g/mol. The van der Waals surface area contributed by atoms with Crippen molar-refractivity contribution in [2.24, 2.45) is 0 Å². The number of fused-ring (bicyclic) bond motifs is 1. The Morgan fingerprint density at radius 3 is 2.49 bits per heavy atom. The van der Waals surface area contributed by atoms with Crippen molar-refractivity contribution in [2.75, 3.05) is 30.0 Å². The highest BCUT2D eigenvalue weighted by molar-refractivity contribution is 7.53. The molecule has 1 unspecified atom stereocenters. The van der Waals surface area contributed by atoms with Gasteiger partial charge in [-0.3, -0.25) is 9.36 Å². The third-order valence-corrected chi connectivity index (χ3v) is 10.5. The lowest BCUT2D eigenvalue weighted by Crippen LogP contribution is -2.43. The minimum atomic E-state index is -5.12. The Morgan fingerprint density at radius 2 is 1.84 bits per heavy atom. The van der Waals surface area contributed by atoms with Crippen LogP contribution >= 0.6 is 19.2 Å². The Balaban J connectivity index is 1.19. The number of halogens is 1. The van der Waals surface area contributed by atoms with Crippen LogP contribution in [0, 0.1) is 0 Å². The number of hydrogen-bond acceptors (Lipinski definition) is 11. The molecule has 1 amide bonds. The van der Waals surface area contributed by atoms with E-state index in [0.717, 1.165) is 32.1 Å². The van der Waals surface area contributed by atoms with Crippen LogP contribution < -0.4 is 10.2 Å². The average Bonchev–Trinajstić information content (AvgIpc) is 3.81. The third kappa shape index (κ3) is 6.33. The Hall–Kier alpha value is -2.72. The Morgan fingerprint density at radius 1 is 1.11 bits per heavy atom. The van der Waals surface area contributed by atoms with Crippen LogP contribution in [0.1, 0.15) is 50.3 Å². The molecule has 5 atom stereocenters. The maximum Gasteiger partial charge on any atom is 0.359 e. The summed E-state index contributed by atoms with van der Waals surface area (Å²) >= 11 is 6.22. The van der Waals surface area contributed by atoms with Crippen molar-refractivity contribution in [1.29, 1.82) is 0 Å². The van der Waals surface area contributed by atoms with Crippen molar-refractivity contribution >= 4 is 47.6 Å². The first-order chi connectivity index (χ1) is 21.5. The van der Waals surface area contributed by atoms with Gasteiger partial charge in [0, 0.05) is 31.1 Å². The van der Waals surface area contributed by atoms with Crippen LogP contribution in [0.5, 0.6) is 0 Å². The van der Waals surface area contributed by atoms with Gasteiger partial charge in [0.05, 0.1) is 24.8 Å².